The van der Waals surface area contributed by atoms with Gasteiger partial charge in [-0.1, -0.05) is 0 Å². The third-order valence-corrected chi connectivity index (χ3v) is 4.39. The van der Waals surface area contributed by atoms with Crippen molar-refractivity contribution in [2.75, 3.05) is 4.72 Å². The minimum absolute atomic E-state index is 0.241. The molecule has 2 heterocycles. The minimum atomic E-state index is -4.07. The van der Waals surface area contributed by atoms with Gasteiger partial charge in [-0.2, -0.15) is 8.42 Å². The molecular formula is C11H9BrFN3O2S. The molecular weight excluding hydrogens is 337 g/mol. The van der Waals surface area contributed by atoms with E-state index in [1.807, 2.05) is 0 Å². The van der Waals surface area contributed by atoms with Crippen LogP contribution in [0.3, 0.4) is 0 Å². The highest BCUT2D eigenvalue weighted by atomic mass is 79.9. The van der Waals surface area contributed by atoms with Gasteiger partial charge in [0.1, 0.15) is 4.60 Å². The molecule has 2 aromatic heterocycles. The highest BCUT2D eigenvalue weighted by molar-refractivity contribution is 9.10. The van der Waals surface area contributed by atoms with Gasteiger partial charge in [0.05, 0.1) is 11.9 Å². The Kier molecular flexibility index (Phi) is 3.81. The third-order valence-electron chi connectivity index (χ3n) is 2.25. The van der Waals surface area contributed by atoms with Crippen LogP contribution >= 0.6 is 15.9 Å². The van der Waals surface area contributed by atoms with Crippen molar-refractivity contribution in [1.82, 2.24) is 9.97 Å². The topological polar surface area (TPSA) is 72.0 Å². The van der Waals surface area contributed by atoms with Gasteiger partial charge in [0, 0.05) is 6.20 Å². The predicted molar refractivity (Wildman–Crippen MR) is 71.7 cm³/mol. The standard InChI is InChI=1S/C11H9BrFN3O2S/c1-7-5-8(6-15-10(7)12)16-19(17,18)11-9(13)3-2-4-14-11/h2-6,16H,1H3. The molecule has 0 atom stereocenters. The summed E-state index contributed by atoms with van der Waals surface area (Å²) < 4.78 is 40.2. The number of aromatic nitrogens is 2. The number of pyridine rings is 2. The van der Waals surface area contributed by atoms with E-state index in [0.29, 0.717) is 4.60 Å². The fourth-order valence-electron chi connectivity index (χ4n) is 1.39. The quantitative estimate of drug-likeness (QED) is 0.867. The number of anilines is 1. The molecule has 0 aliphatic rings. The maximum absolute atomic E-state index is 13.4. The van der Waals surface area contributed by atoms with Crippen LogP contribution in [0.25, 0.3) is 0 Å². The molecule has 0 aliphatic heterocycles. The highest BCUT2D eigenvalue weighted by Gasteiger charge is 2.20. The summed E-state index contributed by atoms with van der Waals surface area (Å²) in [5.41, 5.74) is 0.993. The summed E-state index contributed by atoms with van der Waals surface area (Å²) >= 11 is 3.20. The van der Waals surface area contributed by atoms with Crippen molar-refractivity contribution < 1.29 is 12.8 Å². The van der Waals surface area contributed by atoms with Gasteiger partial charge in [-0.05, 0) is 46.6 Å². The van der Waals surface area contributed by atoms with Gasteiger partial charge >= 0.3 is 0 Å². The van der Waals surface area contributed by atoms with Crippen LogP contribution in [-0.2, 0) is 10.0 Å². The number of sulfonamides is 1. The molecule has 0 amide bonds. The Morgan fingerprint density at radius 1 is 1.37 bits per heavy atom. The summed E-state index contributed by atoms with van der Waals surface area (Å²) in [4.78, 5) is 7.49. The van der Waals surface area contributed by atoms with E-state index in [1.54, 1.807) is 13.0 Å². The molecule has 0 bridgehead atoms. The molecule has 1 N–H and O–H groups in total. The molecule has 0 aliphatic carbocycles. The molecule has 0 saturated heterocycles. The van der Waals surface area contributed by atoms with Crippen LogP contribution in [0.2, 0.25) is 0 Å². The predicted octanol–water partition coefficient (Wildman–Crippen LogP) is 2.49. The largest absolute Gasteiger partial charge is 0.282 e. The van der Waals surface area contributed by atoms with Crippen molar-refractivity contribution in [3.05, 3.63) is 46.6 Å². The van der Waals surface area contributed by atoms with E-state index in [1.165, 1.54) is 18.5 Å². The zero-order valence-electron chi connectivity index (χ0n) is 9.76. The van der Waals surface area contributed by atoms with Gasteiger partial charge < -0.3 is 0 Å². The average molecular weight is 346 g/mol. The molecule has 0 fully saturated rings. The lowest BCUT2D eigenvalue weighted by Crippen LogP contribution is -2.16. The number of aryl methyl sites for hydroxylation is 1. The fraction of sp³-hybridized carbons (Fsp3) is 0.0909. The number of nitrogens with zero attached hydrogens (tertiary/aromatic N) is 2. The Morgan fingerprint density at radius 3 is 2.74 bits per heavy atom. The number of hydrogen-bond donors (Lipinski definition) is 1. The summed E-state index contributed by atoms with van der Waals surface area (Å²) in [6, 6.07) is 3.93. The van der Waals surface area contributed by atoms with E-state index in [0.717, 1.165) is 11.6 Å². The first kappa shape index (κ1) is 13.9. The maximum atomic E-state index is 13.4. The summed E-state index contributed by atoms with van der Waals surface area (Å²) in [6.07, 6.45) is 2.54. The first-order valence-electron chi connectivity index (χ1n) is 5.15. The number of nitrogens with one attached hydrogen (secondary N) is 1. The number of hydrogen-bond acceptors (Lipinski definition) is 4. The van der Waals surface area contributed by atoms with Crippen LogP contribution in [0, 0.1) is 12.7 Å². The van der Waals surface area contributed by atoms with E-state index >= 15 is 0 Å². The second-order valence-electron chi connectivity index (χ2n) is 3.73. The maximum Gasteiger partial charge on any atom is 0.282 e. The van der Waals surface area contributed by atoms with Gasteiger partial charge in [-0.25, -0.2) is 14.4 Å². The number of rotatable bonds is 3. The lowest BCUT2D eigenvalue weighted by atomic mass is 10.3. The van der Waals surface area contributed by atoms with Gasteiger partial charge in [0.2, 0.25) is 5.03 Å². The van der Waals surface area contributed by atoms with Crippen LogP contribution < -0.4 is 4.72 Å². The first-order chi connectivity index (χ1) is 8.90. The molecule has 0 unspecified atom stereocenters. The van der Waals surface area contributed by atoms with E-state index in [2.05, 4.69) is 30.6 Å². The SMILES string of the molecule is Cc1cc(NS(=O)(=O)c2ncccc2F)cnc1Br. The molecule has 19 heavy (non-hydrogen) atoms. The Labute approximate surface area is 118 Å². The van der Waals surface area contributed by atoms with E-state index < -0.39 is 20.9 Å². The van der Waals surface area contributed by atoms with Gasteiger partial charge in [0.15, 0.2) is 5.82 Å². The summed E-state index contributed by atoms with van der Waals surface area (Å²) in [6.45, 7) is 1.76. The van der Waals surface area contributed by atoms with Crippen molar-refractivity contribution in [2.24, 2.45) is 0 Å². The molecule has 0 saturated carbocycles. The lowest BCUT2D eigenvalue weighted by Gasteiger charge is -2.08. The summed E-state index contributed by atoms with van der Waals surface area (Å²) in [5.74, 6) is -0.906. The van der Waals surface area contributed by atoms with E-state index in [-0.39, 0.29) is 5.69 Å². The van der Waals surface area contributed by atoms with Gasteiger partial charge in [0.25, 0.3) is 10.0 Å². The molecule has 0 radical (unpaired) electrons. The molecule has 8 heteroatoms. The van der Waals surface area contributed by atoms with Crippen molar-refractivity contribution >= 4 is 31.6 Å². The molecule has 5 nitrogen and oxygen atoms in total. The zero-order valence-corrected chi connectivity index (χ0v) is 12.2. The Hall–Kier alpha value is -1.54. The van der Waals surface area contributed by atoms with Crippen molar-refractivity contribution in [1.29, 1.82) is 0 Å². The van der Waals surface area contributed by atoms with Gasteiger partial charge in [-0.15, -0.1) is 0 Å². The second-order valence-corrected chi connectivity index (χ2v) is 6.08. The van der Waals surface area contributed by atoms with E-state index in [9.17, 15) is 12.8 Å². The normalized spacial score (nSPS) is 11.3. The van der Waals surface area contributed by atoms with Crippen LogP contribution in [0.5, 0.6) is 0 Å². The van der Waals surface area contributed by atoms with E-state index in [4.69, 9.17) is 0 Å². The van der Waals surface area contributed by atoms with Crippen LogP contribution in [0.1, 0.15) is 5.56 Å². The molecule has 2 aromatic rings. The summed E-state index contributed by atoms with van der Waals surface area (Å²) in [5, 5.41) is -0.643. The van der Waals surface area contributed by atoms with Gasteiger partial charge in [-0.3, -0.25) is 4.72 Å². The molecule has 0 aromatic carbocycles. The second kappa shape index (κ2) is 5.22. The number of halogens is 2. The highest BCUT2D eigenvalue weighted by Crippen LogP contribution is 2.20. The fourth-order valence-corrected chi connectivity index (χ4v) is 2.65. The monoisotopic (exact) mass is 345 g/mol. The smallest absolute Gasteiger partial charge is 0.277 e. The first-order valence-corrected chi connectivity index (χ1v) is 7.43. The van der Waals surface area contributed by atoms with Crippen LogP contribution in [-0.4, -0.2) is 18.4 Å². The van der Waals surface area contributed by atoms with Crippen molar-refractivity contribution in [3.63, 3.8) is 0 Å². The molecule has 0 spiro atoms. The minimum Gasteiger partial charge on any atom is -0.277 e. The average Bonchev–Trinajstić information content (AvgIpc) is 2.34. The Balaban J connectivity index is 2.37. The van der Waals surface area contributed by atoms with Crippen LogP contribution in [0.4, 0.5) is 10.1 Å². The van der Waals surface area contributed by atoms with Crippen LogP contribution in [0.15, 0.2) is 40.2 Å². The molecule has 2 rings (SSSR count). The summed E-state index contributed by atoms with van der Waals surface area (Å²) in [7, 11) is -4.07. The lowest BCUT2D eigenvalue weighted by molar-refractivity contribution is 0.557. The van der Waals surface area contributed by atoms with Crippen molar-refractivity contribution in [3.8, 4) is 0 Å². The molecule has 100 valence electrons. The van der Waals surface area contributed by atoms with Crippen molar-refractivity contribution in [2.45, 2.75) is 11.9 Å². The zero-order chi connectivity index (χ0) is 14.0. The Bertz CT molecular complexity index is 722. The third kappa shape index (κ3) is 3.07. The Morgan fingerprint density at radius 2 is 2.11 bits per heavy atom.